The molecule has 0 spiro atoms. The lowest BCUT2D eigenvalue weighted by Gasteiger charge is -2.35. The van der Waals surface area contributed by atoms with Gasteiger partial charge in [0.2, 0.25) is 0 Å². The maximum Gasteiger partial charge on any atom is 0.255 e. The third kappa shape index (κ3) is 3.57. The van der Waals surface area contributed by atoms with Crippen molar-refractivity contribution >= 4 is 17.3 Å². The molecule has 1 heterocycles. The van der Waals surface area contributed by atoms with Crippen LogP contribution in [-0.2, 0) is 0 Å². The minimum Gasteiger partial charge on any atom is -0.367 e. The molecule has 0 unspecified atom stereocenters. The van der Waals surface area contributed by atoms with Crippen molar-refractivity contribution in [3.05, 3.63) is 59.4 Å². The molecule has 1 aliphatic heterocycles. The predicted octanol–water partition coefficient (Wildman–Crippen LogP) is 3.14. The summed E-state index contributed by atoms with van der Waals surface area (Å²) in [5.74, 6) is -0.662. The number of benzene rings is 2. The van der Waals surface area contributed by atoms with Crippen LogP contribution in [0.4, 0.5) is 15.8 Å². The third-order valence-electron chi connectivity index (χ3n) is 4.43. The first-order valence-corrected chi connectivity index (χ1v) is 8.14. The fraction of sp³-hybridized carbons (Fsp3) is 0.316. The van der Waals surface area contributed by atoms with Crippen LogP contribution in [0, 0.1) is 12.7 Å². The second-order valence-electron chi connectivity index (χ2n) is 6.23. The van der Waals surface area contributed by atoms with E-state index >= 15 is 0 Å². The summed E-state index contributed by atoms with van der Waals surface area (Å²) in [6, 6.07) is 12.3. The minimum atomic E-state index is -0.366. The van der Waals surface area contributed by atoms with E-state index in [2.05, 4.69) is 22.2 Å². The lowest BCUT2D eigenvalue weighted by molar-refractivity contribution is 0.102. The monoisotopic (exact) mass is 327 g/mol. The van der Waals surface area contributed by atoms with Gasteiger partial charge in [-0.05, 0) is 43.8 Å². The highest BCUT2D eigenvalue weighted by Crippen LogP contribution is 2.27. The smallest absolute Gasteiger partial charge is 0.255 e. The summed E-state index contributed by atoms with van der Waals surface area (Å²) in [6.45, 7) is 5.50. The van der Waals surface area contributed by atoms with Gasteiger partial charge in [-0.15, -0.1) is 0 Å². The standard InChI is InChI=1S/C19H22FN3O/c1-14-7-8-15(13-16(14)20)19(24)21-17-5-3-4-6-18(17)23-11-9-22(2)10-12-23/h3-8,13H,9-12H2,1-2H3,(H,21,24). The molecule has 1 fully saturated rings. The summed E-state index contributed by atoms with van der Waals surface area (Å²) in [7, 11) is 2.11. The van der Waals surface area contributed by atoms with Gasteiger partial charge in [-0.2, -0.15) is 0 Å². The molecule has 0 radical (unpaired) electrons. The van der Waals surface area contributed by atoms with Crippen LogP contribution in [0.3, 0.4) is 0 Å². The van der Waals surface area contributed by atoms with Crippen LogP contribution in [0.25, 0.3) is 0 Å². The van der Waals surface area contributed by atoms with Crippen molar-refractivity contribution in [3.63, 3.8) is 0 Å². The first-order valence-electron chi connectivity index (χ1n) is 8.14. The van der Waals surface area contributed by atoms with Gasteiger partial charge in [-0.1, -0.05) is 18.2 Å². The quantitative estimate of drug-likeness (QED) is 0.941. The second-order valence-corrected chi connectivity index (χ2v) is 6.23. The number of aryl methyl sites for hydroxylation is 1. The zero-order chi connectivity index (χ0) is 17.1. The minimum absolute atomic E-state index is 0.296. The van der Waals surface area contributed by atoms with Gasteiger partial charge < -0.3 is 15.1 Å². The van der Waals surface area contributed by atoms with Gasteiger partial charge in [-0.3, -0.25) is 4.79 Å². The average molecular weight is 327 g/mol. The van der Waals surface area contributed by atoms with Crippen molar-refractivity contribution in [3.8, 4) is 0 Å². The largest absolute Gasteiger partial charge is 0.367 e. The Labute approximate surface area is 141 Å². The summed E-state index contributed by atoms with van der Waals surface area (Å²) in [4.78, 5) is 17.0. The summed E-state index contributed by atoms with van der Waals surface area (Å²) in [5, 5.41) is 2.92. The maximum absolute atomic E-state index is 13.7. The molecule has 2 aromatic carbocycles. The molecule has 0 atom stereocenters. The fourth-order valence-electron chi connectivity index (χ4n) is 2.83. The number of hydrogen-bond acceptors (Lipinski definition) is 3. The van der Waals surface area contributed by atoms with Crippen LogP contribution < -0.4 is 10.2 Å². The number of carbonyl (C=O) groups is 1. The average Bonchev–Trinajstić information content (AvgIpc) is 2.58. The van der Waals surface area contributed by atoms with Crippen LogP contribution in [0.1, 0.15) is 15.9 Å². The van der Waals surface area contributed by atoms with Crippen molar-refractivity contribution in [1.82, 2.24) is 4.90 Å². The van der Waals surface area contributed by atoms with Crippen molar-refractivity contribution in [2.24, 2.45) is 0 Å². The number of para-hydroxylation sites is 2. The number of hydrogen-bond donors (Lipinski definition) is 1. The maximum atomic E-state index is 13.7. The summed E-state index contributed by atoms with van der Waals surface area (Å²) >= 11 is 0. The van der Waals surface area contributed by atoms with E-state index in [1.807, 2.05) is 24.3 Å². The number of amides is 1. The Hall–Kier alpha value is -2.40. The van der Waals surface area contributed by atoms with E-state index in [4.69, 9.17) is 0 Å². The highest BCUT2D eigenvalue weighted by atomic mass is 19.1. The molecule has 24 heavy (non-hydrogen) atoms. The lowest BCUT2D eigenvalue weighted by atomic mass is 10.1. The Morgan fingerprint density at radius 3 is 2.50 bits per heavy atom. The molecular weight excluding hydrogens is 305 g/mol. The Morgan fingerprint density at radius 1 is 1.08 bits per heavy atom. The highest BCUT2D eigenvalue weighted by molar-refractivity contribution is 6.06. The van der Waals surface area contributed by atoms with E-state index in [0.717, 1.165) is 37.6 Å². The molecule has 0 saturated carbocycles. The topological polar surface area (TPSA) is 35.6 Å². The molecule has 1 N–H and O–H groups in total. The number of nitrogens with zero attached hydrogens (tertiary/aromatic N) is 2. The molecule has 2 aromatic rings. The number of carbonyl (C=O) groups excluding carboxylic acids is 1. The van der Waals surface area contributed by atoms with Gasteiger partial charge in [0.15, 0.2) is 0 Å². The van der Waals surface area contributed by atoms with Gasteiger partial charge in [0.05, 0.1) is 11.4 Å². The Bertz CT molecular complexity index is 739. The van der Waals surface area contributed by atoms with E-state index in [-0.39, 0.29) is 11.7 Å². The van der Waals surface area contributed by atoms with Crippen LogP contribution >= 0.6 is 0 Å². The molecule has 1 aliphatic rings. The SMILES string of the molecule is Cc1ccc(C(=O)Nc2ccccc2N2CCN(C)CC2)cc1F. The van der Waals surface area contributed by atoms with Crippen LogP contribution in [0.5, 0.6) is 0 Å². The van der Waals surface area contributed by atoms with Crippen molar-refractivity contribution < 1.29 is 9.18 Å². The Kier molecular flexibility index (Phi) is 4.81. The number of nitrogens with one attached hydrogen (secondary N) is 1. The molecule has 0 aromatic heterocycles. The zero-order valence-electron chi connectivity index (χ0n) is 14.1. The number of rotatable bonds is 3. The molecule has 1 amide bonds. The van der Waals surface area contributed by atoms with Crippen LogP contribution in [0.2, 0.25) is 0 Å². The van der Waals surface area contributed by atoms with E-state index in [1.165, 1.54) is 6.07 Å². The van der Waals surface area contributed by atoms with Crippen LogP contribution in [0.15, 0.2) is 42.5 Å². The molecule has 0 bridgehead atoms. The number of likely N-dealkylation sites (N-methyl/N-ethyl adjacent to an activating group) is 1. The molecular formula is C19H22FN3O. The van der Waals surface area contributed by atoms with Crippen LogP contribution in [-0.4, -0.2) is 44.0 Å². The normalized spacial score (nSPS) is 15.4. The third-order valence-corrected chi connectivity index (χ3v) is 4.43. The number of piperazine rings is 1. The van der Waals surface area contributed by atoms with Gasteiger partial charge in [-0.25, -0.2) is 4.39 Å². The Balaban J connectivity index is 1.80. The molecule has 126 valence electrons. The lowest BCUT2D eigenvalue weighted by Crippen LogP contribution is -2.44. The molecule has 4 nitrogen and oxygen atoms in total. The second kappa shape index (κ2) is 7.01. The van der Waals surface area contributed by atoms with Crippen molar-refractivity contribution in [2.75, 3.05) is 43.4 Å². The highest BCUT2D eigenvalue weighted by Gasteiger charge is 2.18. The summed E-state index contributed by atoms with van der Waals surface area (Å²) < 4.78 is 13.7. The first-order chi connectivity index (χ1) is 11.5. The van der Waals surface area contributed by atoms with Gasteiger partial charge in [0, 0.05) is 31.7 Å². The molecule has 3 rings (SSSR count). The van der Waals surface area contributed by atoms with Gasteiger partial charge in [0.1, 0.15) is 5.82 Å². The summed E-state index contributed by atoms with van der Waals surface area (Å²) in [6.07, 6.45) is 0. The molecule has 1 saturated heterocycles. The van der Waals surface area contributed by atoms with E-state index in [1.54, 1.807) is 19.1 Å². The Morgan fingerprint density at radius 2 is 1.79 bits per heavy atom. The van der Waals surface area contributed by atoms with Crippen molar-refractivity contribution in [1.29, 1.82) is 0 Å². The molecule has 5 heteroatoms. The predicted molar refractivity (Wildman–Crippen MR) is 95.2 cm³/mol. The summed E-state index contributed by atoms with van der Waals surface area (Å²) in [5.41, 5.74) is 2.62. The van der Waals surface area contributed by atoms with E-state index in [0.29, 0.717) is 11.1 Å². The molecule has 0 aliphatic carbocycles. The van der Waals surface area contributed by atoms with Crippen molar-refractivity contribution in [2.45, 2.75) is 6.92 Å². The van der Waals surface area contributed by atoms with E-state index < -0.39 is 0 Å². The number of anilines is 2. The van der Waals surface area contributed by atoms with Gasteiger partial charge >= 0.3 is 0 Å². The number of halogens is 1. The van der Waals surface area contributed by atoms with E-state index in [9.17, 15) is 9.18 Å². The van der Waals surface area contributed by atoms with Gasteiger partial charge in [0.25, 0.3) is 5.91 Å². The zero-order valence-corrected chi connectivity index (χ0v) is 14.1. The fourth-order valence-corrected chi connectivity index (χ4v) is 2.83. The first kappa shape index (κ1) is 16.5.